The van der Waals surface area contributed by atoms with Crippen molar-refractivity contribution in [3.05, 3.63) is 70.9 Å². The third-order valence-corrected chi connectivity index (χ3v) is 4.95. The molecule has 8 heteroatoms. The highest BCUT2D eigenvalue weighted by molar-refractivity contribution is 8.18. The van der Waals surface area contributed by atoms with Crippen LogP contribution in [-0.4, -0.2) is 41.6 Å². The van der Waals surface area contributed by atoms with E-state index in [9.17, 15) is 18.8 Å². The number of carbonyl (C=O) groups excluding carboxylic acids is 3. The van der Waals surface area contributed by atoms with E-state index in [4.69, 9.17) is 4.74 Å². The van der Waals surface area contributed by atoms with Gasteiger partial charge >= 0.3 is 0 Å². The molecule has 0 aliphatic carbocycles. The number of nitrogens with one attached hydrogen (secondary N) is 1. The molecule has 0 radical (unpaired) electrons. The average molecular weight is 414 g/mol. The molecule has 0 saturated carbocycles. The number of benzene rings is 2. The standard InChI is InChI=1S/C21H19FN2O4S/c22-16-8-6-15(7-9-16)14-18-20(26)24(21(27)29-18)12-11-23-19(25)10-13-28-17-4-2-1-3-5-17/h1-9,14H,10-13H2,(H,23,25)/b18-14-. The molecule has 2 aromatic rings. The zero-order valence-corrected chi connectivity index (χ0v) is 16.3. The van der Waals surface area contributed by atoms with Gasteiger partial charge in [-0.1, -0.05) is 30.3 Å². The maximum absolute atomic E-state index is 13.0. The highest BCUT2D eigenvalue weighted by Gasteiger charge is 2.34. The van der Waals surface area contributed by atoms with Crippen LogP contribution in [0.3, 0.4) is 0 Å². The van der Waals surface area contributed by atoms with Gasteiger partial charge in [0, 0.05) is 13.1 Å². The summed E-state index contributed by atoms with van der Waals surface area (Å²) in [5.74, 6) is -0.341. The van der Waals surface area contributed by atoms with Crippen LogP contribution in [0, 0.1) is 5.82 Å². The first-order valence-electron chi connectivity index (χ1n) is 8.98. The summed E-state index contributed by atoms with van der Waals surface area (Å²) in [6.07, 6.45) is 1.71. The van der Waals surface area contributed by atoms with E-state index in [0.29, 0.717) is 11.3 Å². The first-order chi connectivity index (χ1) is 14.0. The molecule has 0 atom stereocenters. The lowest BCUT2D eigenvalue weighted by atomic mass is 10.2. The van der Waals surface area contributed by atoms with Crippen LogP contribution in [0.4, 0.5) is 9.18 Å². The Morgan fingerprint density at radius 1 is 1.10 bits per heavy atom. The lowest BCUT2D eigenvalue weighted by Crippen LogP contribution is -2.37. The second kappa shape index (κ2) is 9.88. The topological polar surface area (TPSA) is 75.7 Å². The van der Waals surface area contributed by atoms with Gasteiger partial charge in [0.15, 0.2) is 0 Å². The minimum Gasteiger partial charge on any atom is -0.493 e. The van der Waals surface area contributed by atoms with Crippen molar-refractivity contribution >= 4 is 34.9 Å². The van der Waals surface area contributed by atoms with Crippen molar-refractivity contribution in [3.63, 3.8) is 0 Å². The Bertz CT molecular complexity index is 916. The molecule has 150 valence electrons. The van der Waals surface area contributed by atoms with Crippen LogP contribution >= 0.6 is 11.8 Å². The largest absolute Gasteiger partial charge is 0.493 e. The Morgan fingerprint density at radius 3 is 2.55 bits per heavy atom. The number of nitrogens with zero attached hydrogens (tertiary/aromatic N) is 1. The van der Waals surface area contributed by atoms with Gasteiger partial charge in [-0.25, -0.2) is 4.39 Å². The number of amides is 3. The molecule has 29 heavy (non-hydrogen) atoms. The molecule has 1 aliphatic heterocycles. The summed E-state index contributed by atoms with van der Waals surface area (Å²) in [5.41, 5.74) is 0.628. The molecule has 1 aliphatic rings. The highest BCUT2D eigenvalue weighted by Crippen LogP contribution is 2.31. The first-order valence-corrected chi connectivity index (χ1v) is 9.80. The van der Waals surface area contributed by atoms with Gasteiger partial charge in [-0.3, -0.25) is 19.3 Å². The van der Waals surface area contributed by atoms with Crippen LogP contribution in [0.25, 0.3) is 6.08 Å². The Balaban J connectivity index is 1.43. The quantitative estimate of drug-likeness (QED) is 0.670. The molecule has 1 saturated heterocycles. The number of rotatable bonds is 8. The second-order valence-corrected chi connectivity index (χ2v) is 7.14. The number of para-hydroxylation sites is 1. The SMILES string of the molecule is O=C(CCOc1ccccc1)NCCN1C(=O)S/C(=C\c2ccc(F)cc2)C1=O. The second-order valence-electron chi connectivity index (χ2n) is 6.15. The van der Waals surface area contributed by atoms with Gasteiger partial charge in [-0.15, -0.1) is 0 Å². The molecule has 1 fully saturated rings. The van der Waals surface area contributed by atoms with Crippen molar-refractivity contribution in [3.8, 4) is 5.75 Å². The molecular formula is C21H19FN2O4S. The van der Waals surface area contributed by atoms with E-state index in [0.717, 1.165) is 16.7 Å². The van der Waals surface area contributed by atoms with Crippen LogP contribution < -0.4 is 10.1 Å². The number of carbonyl (C=O) groups is 3. The summed E-state index contributed by atoms with van der Waals surface area (Å²) in [4.78, 5) is 37.7. The van der Waals surface area contributed by atoms with E-state index in [2.05, 4.69) is 5.32 Å². The Hall–Kier alpha value is -3.13. The minimum atomic E-state index is -0.425. The number of halogens is 1. The lowest BCUT2D eigenvalue weighted by molar-refractivity contribution is -0.124. The molecule has 3 amide bonds. The minimum absolute atomic E-state index is 0.0801. The summed E-state index contributed by atoms with van der Waals surface area (Å²) in [6.45, 7) is 0.473. The number of imide groups is 1. The predicted octanol–water partition coefficient (Wildman–Crippen LogP) is 3.45. The van der Waals surface area contributed by atoms with Gasteiger partial charge in [-0.05, 0) is 47.7 Å². The van der Waals surface area contributed by atoms with E-state index in [-0.39, 0.29) is 42.7 Å². The van der Waals surface area contributed by atoms with E-state index in [1.54, 1.807) is 18.2 Å². The highest BCUT2D eigenvalue weighted by atomic mass is 32.2. The fraction of sp³-hybridized carbons (Fsp3) is 0.190. The van der Waals surface area contributed by atoms with Crippen LogP contribution in [0.15, 0.2) is 59.5 Å². The van der Waals surface area contributed by atoms with Gasteiger partial charge in [0.05, 0.1) is 17.9 Å². The van der Waals surface area contributed by atoms with Crippen LogP contribution in [0.2, 0.25) is 0 Å². The fourth-order valence-corrected chi connectivity index (χ4v) is 3.44. The van der Waals surface area contributed by atoms with Crippen molar-refractivity contribution in [2.45, 2.75) is 6.42 Å². The summed E-state index contributed by atoms with van der Waals surface area (Å²) < 4.78 is 18.4. The van der Waals surface area contributed by atoms with E-state index in [1.165, 1.54) is 24.3 Å². The van der Waals surface area contributed by atoms with Crippen LogP contribution in [-0.2, 0) is 9.59 Å². The van der Waals surface area contributed by atoms with Gasteiger partial charge in [0.1, 0.15) is 11.6 Å². The van der Waals surface area contributed by atoms with Gasteiger partial charge in [0.2, 0.25) is 5.91 Å². The van der Waals surface area contributed by atoms with Crippen molar-refractivity contribution in [1.82, 2.24) is 10.2 Å². The maximum Gasteiger partial charge on any atom is 0.293 e. The summed E-state index contributed by atoms with van der Waals surface area (Å²) >= 11 is 0.823. The number of thioether (sulfide) groups is 1. The van der Waals surface area contributed by atoms with Crippen LogP contribution in [0.5, 0.6) is 5.75 Å². The van der Waals surface area contributed by atoms with Crippen molar-refractivity contribution in [2.75, 3.05) is 19.7 Å². The van der Waals surface area contributed by atoms with Gasteiger partial charge in [0.25, 0.3) is 11.1 Å². The summed E-state index contributed by atoms with van der Waals surface area (Å²) in [6, 6.07) is 14.8. The third kappa shape index (κ3) is 5.92. The molecule has 3 rings (SSSR count). The third-order valence-electron chi connectivity index (χ3n) is 4.04. The Morgan fingerprint density at radius 2 is 1.83 bits per heavy atom. The fourth-order valence-electron chi connectivity index (χ4n) is 2.58. The average Bonchev–Trinajstić information content (AvgIpc) is 2.98. The molecule has 0 bridgehead atoms. The maximum atomic E-state index is 13.0. The smallest absolute Gasteiger partial charge is 0.293 e. The first kappa shape index (κ1) is 20.6. The lowest BCUT2D eigenvalue weighted by Gasteiger charge is -2.13. The van der Waals surface area contributed by atoms with E-state index >= 15 is 0 Å². The number of hydrogen-bond acceptors (Lipinski definition) is 5. The van der Waals surface area contributed by atoms with E-state index in [1.807, 2.05) is 18.2 Å². The number of ether oxygens (including phenoxy) is 1. The Kier molecular flexibility index (Phi) is 7.02. The van der Waals surface area contributed by atoms with E-state index < -0.39 is 11.1 Å². The molecule has 2 aromatic carbocycles. The molecule has 0 spiro atoms. The van der Waals surface area contributed by atoms with Crippen molar-refractivity contribution in [2.24, 2.45) is 0 Å². The monoisotopic (exact) mass is 414 g/mol. The number of hydrogen-bond donors (Lipinski definition) is 1. The Labute approximate surface area is 171 Å². The zero-order chi connectivity index (χ0) is 20.6. The molecule has 0 unspecified atom stereocenters. The molecule has 1 heterocycles. The predicted molar refractivity (Wildman–Crippen MR) is 109 cm³/mol. The van der Waals surface area contributed by atoms with Crippen molar-refractivity contribution in [1.29, 1.82) is 0 Å². The zero-order valence-electron chi connectivity index (χ0n) is 15.5. The molecule has 6 nitrogen and oxygen atoms in total. The van der Waals surface area contributed by atoms with Crippen molar-refractivity contribution < 1.29 is 23.5 Å². The summed E-state index contributed by atoms with van der Waals surface area (Å²) in [7, 11) is 0. The van der Waals surface area contributed by atoms with Gasteiger partial charge < -0.3 is 10.1 Å². The molecule has 1 N–H and O–H groups in total. The molecular weight excluding hydrogens is 395 g/mol. The van der Waals surface area contributed by atoms with Crippen LogP contribution in [0.1, 0.15) is 12.0 Å². The normalized spacial score (nSPS) is 15.1. The molecule has 0 aromatic heterocycles. The van der Waals surface area contributed by atoms with Gasteiger partial charge in [-0.2, -0.15) is 0 Å². The summed E-state index contributed by atoms with van der Waals surface area (Å²) in [5, 5.41) is 2.27.